The molecule has 0 saturated carbocycles. The Labute approximate surface area is 120 Å². The second kappa shape index (κ2) is 5.93. The topological polar surface area (TPSA) is 33.1 Å². The Hall–Kier alpha value is -1.74. The minimum absolute atomic E-state index is 0. The van der Waals surface area contributed by atoms with Crippen LogP contribution in [0.1, 0.15) is 12.0 Å². The highest BCUT2D eigenvalue weighted by Crippen LogP contribution is 2.20. The third kappa shape index (κ3) is 2.99. The summed E-state index contributed by atoms with van der Waals surface area (Å²) in [6.45, 7) is 3.14. The van der Waals surface area contributed by atoms with Crippen LogP contribution >= 0.6 is 0 Å². The number of aromatic nitrogens is 1. The molecule has 0 spiro atoms. The maximum absolute atomic E-state index is 6.12. The van der Waals surface area contributed by atoms with Crippen LogP contribution in [0.2, 0.25) is 0 Å². The van der Waals surface area contributed by atoms with Crippen LogP contribution in [0.5, 0.6) is 0 Å². The minimum Gasteiger partial charge on any atom is -1.00 e. The zero-order valence-electron chi connectivity index (χ0n) is 10.8. The fourth-order valence-corrected chi connectivity index (χ4v) is 2.23. The Morgan fingerprint density at radius 2 is 1.84 bits per heavy atom. The molecule has 2 N–H and O–H groups in total. The molecule has 2 aromatic rings. The van der Waals surface area contributed by atoms with Gasteiger partial charge in [-0.2, -0.15) is 0 Å². The summed E-state index contributed by atoms with van der Waals surface area (Å²) in [5.41, 5.74) is 8.63. The highest BCUT2D eigenvalue weighted by molar-refractivity contribution is 5.51. The van der Waals surface area contributed by atoms with Gasteiger partial charge >= 0.3 is 0 Å². The van der Waals surface area contributed by atoms with Crippen molar-refractivity contribution in [2.75, 3.05) is 23.7 Å². The van der Waals surface area contributed by atoms with Crippen molar-refractivity contribution in [2.45, 2.75) is 13.0 Å². The number of pyridine rings is 1. The number of anilines is 2. The largest absolute Gasteiger partial charge is 1.00 e. The Morgan fingerprint density at radius 3 is 2.42 bits per heavy atom. The number of nitrogen functional groups attached to an aromatic ring is 1. The molecule has 3 nitrogen and oxygen atoms in total. The van der Waals surface area contributed by atoms with Crippen molar-refractivity contribution in [3.63, 3.8) is 0 Å². The van der Waals surface area contributed by atoms with Crippen molar-refractivity contribution >= 4 is 11.5 Å². The number of nitrogens with zero attached hydrogens (tertiary/aromatic N) is 2. The van der Waals surface area contributed by atoms with Crippen LogP contribution in [0.3, 0.4) is 0 Å². The molecule has 1 aliphatic heterocycles. The van der Waals surface area contributed by atoms with Crippen LogP contribution in [0, 0.1) is 0 Å². The van der Waals surface area contributed by atoms with Gasteiger partial charge in [0.25, 0.3) is 5.82 Å². The molecule has 0 aliphatic carbocycles. The lowest BCUT2D eigenvalue weighted by Crippen LogP contribution is -3.00. The summed E-state index contributed by atoms with van der Waals surface area (Å²) < 4.78 is 2.08. The van der Waals surface area contributed by atoms with Gasteiger partial charge in [-0.15, -0.1) is 0 Å². The Kier molecular flexibility index (Phi) is 4.27. The molecule has 0 unspecified atom stereocenters. The Balaban J connectivity index is 0.00000133. The molecule has 1 aliphatic rings. The van der Waals surface area contributed by atoms with E-state index in [0.717, 1.165) is 25.5 Å². The highest BCUT2D eigenvalue weighted by atomic mass is 35.5. The molecule has 0 amide bonds. The highest BCUT2D eigenvalue weighted by Gasteiger charge is 2.16. The number of nitrogens with two attached hydrogens (primary N) is 1. The fraction of sp³-hybridized carbons (Fsp3) is 0.267. The molecule has 1 saturated heterocycles. The van der Waals surface area contributed by atoms with Crippen molar-refractivity contribution in [3.8, 4) is 0 Å². The predicted molar refractivity (Wildman–Crippen MR) is 73.4 cm³/mol. The van der Waals surface area contributed by atoms with Gasteiger partial charge in [-0.25, -0.2) is 4.57 Å². The zero-order valence-corrected chi connectivity index (χ0v) is 11.6. The van der Waals surface area contributed by atoms with Gasteiger partial charge in [-0.1, -0.05) is 30.3 Å². The quantitative estimate of drug-likeness (QED) is 0.716. The van der Waals surface area contributed by atoms with Crippen molar-refractivity contribution in [3.05, 3.63) is 54.2 Å². The SMILES string of the molecule is Nc1cc(N2CCC2)cc[n+]1Cc1ccccc1.[Cl-]. The zero-order chi connectivity index (χ0) is 12.4. The first-order valence-electron chi connectivity index (χ1n) is 6.41. The molecular formula is C15H18ClN3. The van der Waals surface area contributed by atoms with Gasteiger partial charge in [-0.05, 0) is 12.0 Å². The second-order valence-corrected chi connectivity index (χ2v) is 4.76. The molecule has 100 valence electrons. The molecule has 0 atom stereocenters. The third-order valence-corrected chi connectivity index (χ3v) is 3.47. The molecule has 3 rings (SSSR count). The van der Waals surface area contributed by atoms with E-state index >= 15 is 0 Å². The van der Waals surface area contributed by atoms with Crippen LogP contribution in [-0.2, 0) is 6.54 Å². The van der Waals surface area contributed by atoms with Gasteiger partial charge in [0.2, 0.25) is 0 Å². The molecule has 4 heteroatoms. The van der Waals surface area contributed by atoms with Gasteiger partial charge in [0.15, 0.2) is 0 Å². The first kappa shape index (κ1) is 13.7. The van der Waals surface area contributed by atoms with E-state index in [-0.39, 0.29) is 12.4 Å². The predicted octanol–water partition coefficient (Wildman–Crippen LogP) is -1.18. The molecule has 1 fully saturated rings. The maximum atomic E-state index is 6.12. The van der Waals surface area contributed by atoms with Crippen LogP contribution in [-0.4, -0.2) is 13.1 Å². The van der Waals surface area contributed by atoms with E-state index in [1.54, 1.807) is 0 Å². The lowest BCUT2D eigenvalue weighted by Gasteiger charge is -2.32. The summed E-state index contributed by atoms with van der Waals surface area (Å²) in [5.74, 6) is 0.822. The van der Waals surface area contributed by atoms with Crippen LogP contribution < -0.4 is 27.6 Å². The van der Waals surface area contributed by atoms with E-state index < -0.39 is 0 Å². The van der Waals surface area contributed by atoms with E-state index in [1.807, 2.05) is 6.07 Å². The van der Waals surface area contributed by atoms with Crippen LogP contribution in [0.15, 0.2) is 48.7 Å². The first-order valence-corrected chi connectivity index (χ1v) is 6.41. The lowest BCUT2D eigenvalue weighted by molar-refractivity contribution is -0.673. The van der Waals surface area contributed by atoms with E-state index in [0.29, 0.717) is 0 Å². The lowest BCUT2D eigenvalue weighted by atomic mass is 10.2. The van der Waals surface area contributed by atoms with Crippen LogP contribution in [0.25, 0.3) is 0 Å². The van der Waals surface area contributed by atoms with Gasteiger partial charge in [0.05, 0.1) is 12.3 Å². The molecule has 1 aromatic heterocycles. The van der Waals surface area contributed by atoms with E-state index in [4.69, 9.17) is 5.73 Å². The van der Waals surface area contributed by atoms with Gasteiger partial charge in [-0.3, -0.25) is 5.73 Å². The molecule has 0 bridgehead atoms. The molecular weight excluding hydrogens is 258 g/mol. The second-order valence-electron chi connectivity index (χ2n) is 4.76. The van der Waals surface area contributed by atoms with Crippen molar-refractivity contribution in [2.24, 2.45) is 0 Å². The van der Waals surface area contributed by atoms with Gasteiger partial charge in [0.1, 0.15) is 6.54 Å². The van der Waals surface area contributed by atoms with Gasteiger partial charge in [0, 0.05) is 24.8 Å². The van der Waals surface area contributed by atoms with Gasteiger partial charge < -0.3 is 17.3 Å². The number of hydrogen-bond acceptors (Lipinski definition) is 2. The maximum Gasteiger partial charge on any atom is 0.274 e. The monoisotopic (exact) mass is 275 g/mol. The molecule has 0 radical (unpaired) electrons. The van der Waals surface area contributed by atoms with Crippen LogP contribution in [0.4, 0.5) is 11.5 Å². The normalized spacial score (nSPS) is 13.6. The molecule has 2 heterocycles. The summed E-state index contributed by atoms with van der Waals surface area (Å²) in [7, 11) is 0. The average Bonchev–Trinajstić information content (AvgIpc) is 2.32. The standard InChI is InChI=1S/C15H17N3.ClH/c16-15-11-14(17-8-4-9-17)7-10-18(15)12-13-5-2-1-3-6-13;/h1-3,5-7,10-11,16H,4,8-9,12H2;1H. The molecule has 19 heavy (non-hydrogen) atoms. The number of rotatable bonds is 3. The summed E-state index contributed by atoms with van der Waals surface area (Å²) in [4.78, 5) is 2.35. The Bertz CT molecular complexity index is 538. The van der Waals surface area contributed by atoms with E-state index in [2.05, 4.69) is 52.1 Å². The molecule has 1 aromatic carbocycles. The average molecular weight is 276 g/mol. The van der Waals surface area contributed by atoms with E-state index in [9.17, 15) is 0 Å². The summed E-state index contributed by atoms with van der Waals surface area (Å²) in [5, 5.41) is 0. The fourth-order valence-electron chi connectivity index (χ4n) is 2.23. The number of benzene rings is 1. The van der Waals surface area contributed by atoms with E-state index in [1.165, 1.54) is 17.7 Å². The summed E-state index contributed by atoms with van der Waals surface area (Å²) >= 11 is 0. The smallest absolute Gasteiger partial charge is 0.274 e. The van der Waals surface area contributed by atoms with Crippen molar-refractivity contribution in [1.82, 2.24) is 0 Å². The van der Waals surface area contributed by atoms with Crippen molar-refractivity contribution < 1.29 is 17.0 Å². The Morgan fingerprint density at radius 1 is 1.11 bits per heavy atom. The summed E-state index contributed by atoms with van der Waals surface area (Å²) in [6.07, 6.45) is 3.37. The minimum atomic E-state index is 0. The summed E-state index contributed by atoms with van der Waals surface area (Å²) in [6, 6.07) is 14.6. The third-order valence-electron chi connectivity index (χ3n) is 3.47. The number of halogens is 1. The first-order chi connectivity index (χ1) is 8.83. The number of hydrogen-bond donors (Lipinski definition) is 1. The van der Waals surface area contributed by atoms with Crippen molar-refractivity contribution in [1.29, 1.82) is 0 Å².